The fraction of sp³-hybridized carbons (Fsp3) is 0.409. The Morgan fingerprint density at radius 3 is 2.23 bits per heavy atom. The number of alkyl halides is 3. The van der Waals surface area contributed by atoms with E-state index in [1.807, 2.05) is 11.8 Å². The molecule has 0 aliphatic carbocycles. The van der Waals surface area contributed by atoms with Gasteiger partial charge in [0.1, 0.15) is 11.5 Å². The molecule has 0 saturated carbocycles. The number of carbonyl (C=O) groups excluding carboxylic acids is 1. The van der Waals surface area contributed by atoms with Crippen LogP contribution in [0.15, 0.2) is 48.5 Å². The summed E-state index contributed by atoms with van der Waals surface area (Å²) in [5.41, 5.74) is -0.157. The molecular formula is C22H25F3N2O3. The lowest BCUT2D eigenvalue weighted by atomic mass is 10.1. The van der Waals surface area contributed by atoms with Crippen LogP contribution in [0.5, 0.6) is 11.5 Å². The van der Waals surface area contributed by atoms with E-state index in [0.29, 0.717) is 49.8 Å². The van der Waals surface area contributed by atoms with Gasteiger partial charge in [-0.3, -0.25) is 4.79 Å². The first-order valence-electron chi connectivity index (χ1n) is 9.83. The number of ether oxygens (including phenoxy) is 2. The minimum absolute atomic E-state index is 0.114. The maximum Gasteiger partial charge on any atom is 0.416 e. The second-order valence-electron chi connectivity index (χ2n) is 7.05. The first kappa shape index (κ1) is 21.8. The lowest BCUT2D eigenvalue weighted by molar-refractivity contribution is -0.139. The predicted molar refractivity (Wildman–Crippen MR) is 108 cm³/mol. The molecule has 1 fully saturated rings. The Labute approximate surface area is 174 Å². The molecule has 0 bridgehead atoms. The van der Waals surface area contributed by atoms with E-state index in [-0.39, 0.29) is 5.91 Å². The third-order valence-corrected chi connectivity index (χ3v) is 5.11. The molecule has 1 heterocycles. The number of methoxy groups -OCH3 is 1. The quantitative estimate of drug-likeness (QED) is 0.699. The van der Waals surface area contributed by atoms with E-state index in [1.54, 1.807) is 42.3 Å². The normalized spacial score (nSPS) is 15.6. The van der Waals surface area contributed by atoms with Crippen molar-refractivity contribution in [3.8, 4) is 11.5 Å². The van der Waals surface area contributed by atoms with Crippen LogP contribution in [0.1, 0.15) is 18.9 Å². The summed E-state index contributed by atoms with van der Waals surface area (Å²) in [6.45, 7) is 3.66. The average Bonchev–Trinajstić information content (AvgIpc) is 2.77. The van der Waals surface area contributed by atoms with E-state index in [2.05, 4.69) is 0 Å². The summed E-state index contributed by atoms with van der Waals surface area (Å²) < 4.78 is 49.9. The molecule has 1 unspecified atom stereocenters. The third-order valence-electron chi connectivity index (χ3n) is 5.11. The van der Waals surface area contributed by atoms with Gasteiger partial charge in [-0.1, -0.05) is 13.0 Å². The summed E-state index contributed by atoms with van der Waals surface area (Å²) in [6.07, 6.45) is -4.47. The molecule has 1 aliphatic heterocycles. The zero-order chi connectivity index (χ0) is 21.7. The maximum atomic E-state index is 13.0. The maximum absolute atomic E-state index is 13.0. The van der Waals surface area contributed by atoms with Crippen LogP contribution in [0.25, 0.3) is 0 Å². The molecule has 162 valence electrons. The third kappa shape index (κ3) is 5.17. The molecule has 1 atom stereocenters. The second kappa shape index (κ2) is 9.28. The molecular weight excluding hydrogens is 397 g/mol. The summed E-state index contributed by atoms with van der Waals surface area (Å²) in [7, 11) is 1.58. The van der Waals surface area contributed by atoms with Gasteiger partial charge in [0.25, 0.3) is 5.91 Å². The highest BCUT2D eigenvalue weighted by Crippen LogP contribution is 2.32. The van der Waals surface area contributed by atoms with Crippen LogP contribution in [0, 0.1) is 0 Å². The monoisotopic (exact) mass is 422 g/mol. The van der Waals surface area contributed by atoms with Crippen molar-refractivity contribution in [3.63, 3.8) is 0 Å². The number of halogens is 3. The number of nitrogens with zero attached hydrogens (tertiary/aromatic N) is 2. The Morgan fingerprint density at radius 1 is 1.03 bits per heavy atom. The van der Waals surface area contributed by atoms with Crippen molar-refractivity contribution >= 4 is 11.6 Å². The molecule has 5 nitrogen and oxygen atoms in total. The zero-order valence-electron chi connectivity index (χ0n) is 17.0. The fourth-order valence-electron chi connectivity index (χ4n) is 3.39. The van der Waals surface area contributed by atoms with Crippen molar-refractivity contribution in [3.05, 3.63) is 54.1 Å². The summed E-state index contributed by atoms with van der Waals surface area (Å²) >= 11 is 0. The second-order valence-corrected chi connectivity index (χ2v) is 7.05. The Balaban J connectivity index is 1.59. The van der Waals surface area contributed by atoms with Crippen molar-refractivity contribution in [1.29, 1.82) is 0 Å². The van der Waals surface area contributed by atoms with E-state index in [0.717, 1.165) is 12.1 Å². The molecule has 3 rings (SSSR count). The largest absolute Gasteiger partial charge is 0.497 e. The first-order chi connectivity index (χ1) is 14.3. The van der Waals surface area contributed by atoms with Crippen LogP contribution in [-0.2, 0) is 11.0 Å². The highest BCUT2D eigenvalue weighted by Gasteiger charge is 2.32. The number of anilines is 1. The number of rotatable bonds is 6. The van der Waals surface area contributed by atoms with Crippen molar-refractivity contribution in [2.75, 3.05) is 38.2 Å². The molecule has 0 N–H and O–H groups in total. The molecule has 0 spiro atoms. The highest BCUT2D eigenvalue weighted by atomic mass is 19.4. The van der Waals surface area contributed by atoms with E-state index in [9.17, 15) is 18.0 Å². The molecule has 0 radical (unpaired) electrons. The molecule has 2 aromatic carbocycles. The van der Waals surface area contributed by atoms with Crippen LogP contribution >= 0.6 is 0 Å². The van der Waals surface area contributed by atoms with Crippen molar-refractivity contribution in [2.24, 2.45) is 0 Å². The van der Waals surface area contributed by atoms with Crippen molar-refractivity contribution in [1.82, 2.24) is 4.90 Å². The standard InChI is InChI=1S/C22H25F3N2O3/c1-3-20(30-19-9-7-18(29-2)8-10-19)21(28)27-13-11-26(12-14-27)17-6-4-5-16(15-17)22(23,24)25/h4-10,15,20H,3,11-14H2,1-2H3. The summed E-state index contributed by atoms with van der Waals surface area (Å²) in [6, 6.07) is 12.3. The molecule has 2 aromatic rings. The molecule has 8 heteroatoms. The van der Waals surface area contributed by atoms with Crippen LogP contribution in [0.3, 0.4) is 0 Å². The summed E-state index contributed by atoms with van der Waals surface area (Å²) in [5.74, 6) is 1.17. The topological polar surface area (TPSA) is 42.0 Å². The Hall–Kier alpha value is -2.90. The van der Waals surface area contributed by atoms with Crippen molar-refractivity contribution < 1.29 is 27.4 Å². The van der Waals surface area contributed by atoms with E-state index >= 15 is 0 Å². The molecule has 1 saturated heterocycles. The van der Waals surface area contributed by atoms with E-state index in [1.165, 1.54) is 6.07 Å². The highest BCUT2D eigenvalue weighted by molar-refractivity contribution is 5.81. The van der Waals surface area contributed by atoms with Gasteiger partial charge in [-0.25, -0.2) is 0 Å². The number of hydrogen-bond acceptors (Lipinski definition) is 4. The Kier molecular flexibility index (Phi) is 6.74. The van der Waals surface area contributed by atoms with Gasteiger partial charge in [0.15, 0.2) is 6.10 Å². The van der Waals surface area contributed by atoms with Crippen LogP contribution in [0.2, 0.25) is 0 Å². The predicted octanol–water partition coefficient (Wildman–Crippen LogP) is 4.22. The van der Waals surface area contributed by atoms with Gasteiger partial charge in [-0.2, -0.15) is 13.2 Å². The number of hydrogen-bond donors (Lipinski definition) is 0. The molecule has 1 amide bonds. The number of carbonyl (C=O) groups is 1. The zero-order valence-corrected chi connectivity index (χ0v) is 17.0. The average molecular weight is 422 g/mol. The lowest BCUT2D eigenvalue weighted by Gasteiger charge is -2.37. The van der Waals surface area contributed by atoms with Crippen LogP contribution in [0.4, 0.5) is 18.9 Å². The minimum atomic E-state index is -4.37. The van der Waals surface area contributed by atoms with E-state index in [4.69, 9.17) is 9.47 Å². The smallest absolute Gasteiger partial charge is 0.416 e. The Morgan fingerprint density at radius 2 is 1.67 bits per heavy atom. The molecule has 1 aliphatic rings. The fourth-order valence-corrected chi connectivity index (χ4v) is 3.39. The SMILES string of the molecule is CCC(Oc1ccc(OC)cc1)C(=O)N1CCN(c2cccc(C(F)(F)F)c2)CC1. The van der Waals surface area contributed by atoms with Crippen LogP contribution < -0.4 is 14.4 Å². The van der Waals surface area contributed by atoms with Crippen molar-refractivity contribution in [2.45, 2.75) is 25.6 Å². The number of benzene rings is 2. The lowest BCUT2D eigenvalue weighted by Crippen LogP contribution is -2.52. The molecule has 0 aromatic heterocycles. The van der Waals surface area contributed by atoms with Gasteiger partial charge in [-0.05, 0) is 48.9 Å². The first-order valence-corrected chi connectivity index (χ1v) is 9.83. The number of amides is 1. The van der Waals surface area contributed by atoms with Gasteiger partial charge in [-0.15, -0.1) is 0 Å². The van der Waals surface area contributed by atoms with Gasteiger partial charge in [0.2, 0.25) is 0 Å². The summed E-state index contributed by atoms with van der Waals surface area (Å²) in [5, 5.41) is 0. The van der Waals surface area contributed by atoms with Gasteiger partial charge < -0.3 is 19.3 Å². The van der Waals surface area contributed by atoms with E-state index < -0.39 is 17.8 Å². The van der Waals surface area contributed by atoms with Gasteiger partial charge in [0, 0.05) is 31.9 Å². The van der Waals surface area contributed by atoms with Crippen LogP contribution in [-0.4, -0.2) is 50.2 Å². The summed E-state index contributed by atoms with van der Waals surface area (Å²) in [4.78, 5) is 16.5. The minimum Gasteiger partial charge on any atom is -0.497 e. The van der Waals surface area contributed by atoms with Gasteiger partial charge >= 0.3 is 6.18 Å². The number of piperazine rings is 1. The Bertz CT molecular complexity index is 847. The van der Waals surface area contributed by atoms with Gasteiger partial charge in [0.05, 0.1) is 12.7 Å². The molecule has 30 heavy (non-hydrogen) atoms.